The molecule has 2 aliphatic heterocycles. The van der Waals surface area contributed by atoms with Gasteiger partial charge in [0.2, 0.25) is 5.91 Å². The Morgan fingerprint density at radius 2 is 2.00 bits per heavy atom. The molecule has 142 valence electrons. The second-order valence-corrected chi connectivity index (χ2v) is 7.13. The zero-order valence-corrected chi connectivity index (χ0v) is 15.8. The number of nitrogens with zero attached hydrogens (tertiary/aromatic N) is 4. The predicted molar refractivity (Wildman–Crippen MR) is 100 cm³/mol. The van der Waals surface area contributed by atoms with Crippen LogP contribution in [0, 0.1) is 0 Å². The third kappa shape index (κ3) is 4.22. The first kappa shape index (κ1) is 18.8. The van der Waals surface area contributed by atoms with Gasteiger partial charge in [0.25, 0.3) is 5.91 Å². The normalized spacial score (nSPS) is 21.7. The van der Waals surface area contributed by atoms with E-state index in [1.807, 2.05) is 11.0 Å². The van der Waals surface area contributed by atoms with Crippen LogP contribution in [0.15, 0.2) is 18.3 Å². The van der Waals surface area contributed by atoms with Crippen molar-refractivity contribution < 1.29 is 9.59 Å². The molecule has 26 heavy (non-hydrogen) atoms. The van der Waals surface area contributed by atoms with Crippen molar-refractivity contribution in [3.8, 4) is 0 Å². The minimum Gasteiger partial charge on any atom is -0.338 e. The summed E-state index contributed by atoms with van der Waals surface area (Å²) >= 11 is 0. The molecular weight excluding hydrogens is 330 g/mol. The van der Waals surface area contributed by atoms with Crippen LogP contribution in [0.25, 0.3) is 0 Å². The Bertz CT molecular complexity index is 643. The van der Waals surface area contributed by atoms with E-state index in [4.69, 9.17) is 0 Å². The number of likely N-dealkylation sites (N-methyl/N-ethyl adjacent to an activating group) is 1. The number of hydrogen-bond donors (Lipinski definition) is 1. The lowest BCUT2D eigenvalue weighted by molar-refractivity contribution is -0.138. The molecule has 7 nitrogen and oxygen atoms in total. The van der Waals surface area contributed by atoms with Crippen molar-refractivity contribution in [3.63, 3.8) is 0 Å². The first-order valence-electron chi connectivity index (χ1n) is 9.54. The zero-order valence-electron chi connectivity index (χ0n) is 15.8. The molecule has 2 fully saturated rings. The van der Waals surface area contributed by atoms with Crippen LogP contribution in [0.1, 0.15) is 29.4 Å². The molecule has 2 saturated heterocycles. The van der Waals surface area contributed by atoms with Crippen molar-refractivity contribution in [2.75, 3.05) is 52.9 Å². The van der Waals surface area contributed by atoms with Gasteiger partial charge in [-0.15, -0.1) is 0 Å². The van der Waals surface area contributed by atoms with Crippen molar-refractivity contribution >= 4 is 11.8 Å². The number of hydrogen-bond acceptors (Lipinski definition) is 5. The van der Waals surface area contributed by atoms with Crippen LogP contribution in [0.2, 0.25) is 0 Å². The van der Waals surface area contributed by atoms with Gasteiger partial charge in [-0.3, -0.25) is 14.6 Å². The van der Waals surface area contributed by atoms with E-state index in [1.54, 1.807) is 17.2 Å². The molecule has 3 heterocycles. The highest BCUT2D eigenvalue weighted by molar-refractivity contribution is 5.97. The highest BCUT2D eigenvalue weighted by atomic mass is 16.2. The van der Waals surface area contributed by atoms with Crippen LogP contribution in [0.4, 0.5) is 0 Å². The van der Waals surface area contributed by atoms with Gasteiger partial charge in [-0.05, 0) is 25.6 Å². The number of carbonyl (C=O) groups is 2. The minimum atomic E-state index is -0.428. The van der Waals surface area contributed by atoms with E-state index in [0.717, 1.165) is 44.7 Å². The Kier molecular flexibility index (Phi) is 6.21. The van der Waals surface area contributed by atoms with Crippen molar-refractivity contribution in [2.45, 2.75) is 25.8 Å². The molecule has 0 aliphatic carbocycles. The van der Waals surface area contributed by atoms with Crippen LogP contribution < -0.4 is 5.32 Å². The van der Waals surface area contributed by atoms with Gasteiger partial charge in [0, 0.05) is 63.3 Å². The number of pyridine rings is 1. The van der Waals surface area contributed by atoms with Gasteiger partial charge in [0.05, 0.1) is 0 Å². The molecule has 1 aromatic heterocycles. The van der Waals surface area contributed by atoms with Gasteiger partial charge in [0.1, 0.15) is 6.04 Å². The van der Waals surface area contributed by atoms with Crippen molar-refractivity contribution in [1.29, 1.82) is 0 Å². The van der Waals surface area contributed by atoms with Crippen LogP contribution in [-0.2, 0) is 11.2 Å². The molecule has 2 amide bonds. The van der Waals surface area contributed by atoms with E-state index in [1.165, 1.54) is 0 Å². The summed E-state index contributed by atoms with van der Waals surface area (Å²) in [4.78, 5) is 36.3. The highest BCUT2D eigenvalue weighted by Crippen LogP contribution is 2.15. The largest absolute Gasteiger partial charge is 0.338 e. The van der Waals surface area contributed by atoms with Gasteiger partial charge >= 0.3 is 0 Å². The molecule has 0 spiro atoms. The Balaban J connectivity index is 1.74. The molecular formula is C19H29N5O2. The SMILES string of the molecule is CCCc1cc(C(=O)N2CCNC[C@H]2C(=O)N2CCN(C)CC2)ccn1. The van der Waals surface area contributed by atoms with Crippen LogP contribution >= 0.6 is 0 Å². The first-order chi connectivity index (χ1) is 12.6. The molecule has 0 unspecified atom stereocenters. The Hall–Kier alpha value is -1.99. The lowest BCUT2D eigenvalue weighted by atomic mass is 10.1. The molecule has 0 bridgehead atoms. The molecule has 1 atom stereocenters. The van der Waals surface area contributed by atoms with Crippen LogP contribution in [0.3, 0.4) is 0 Å². The van der Waals surface area contributed by atoms with E-state index < -0.39 is 6.04 Å². The molecule has 3 rings (SSSR count). The summed E-state index contributed by atoms with van der Waals surface area (Å²) in [5, 5.41) is 3.27. The summed E-state index contributed by atoms with van der Waals surface area (Å²) in [6.07, 6.45) is 3.53. The van der Waals surface area contributed by atoms with Gasteiger partial charge in [-0.2, -0.15) is 0 Å². The summed E-state index contributed by atoms with van der Waals surface area (Å²) in [6, 6.07) is 3.19. The molecule has 0 saturated carbocycles. The molecule has 2 aliphatic rings. The fourth-order valence-electron chi connectivity index (χ4n) is 3.58. The van der Waals surface area contributed by atoms with Gasteiger partial charge in [0.15, 0.2) is 0 Å². The number of aryl methyl sites for hydroxylation is 1. The Morgan fingerprint density at radius 3 is 2.73 bits per heavy atom. The van der Waals surface area contributed by atoms with E-state index in [2.05, 4.69) is 29.2 Å². The Labute approximate surface area is 155 Å². The molecule has 0 aromatic carbocycles. The number of rotatable bonds is 4. The number of piperazine rings is 2. The summed E-state index contributed by atoms with van der Waals surface area (Å²) in [5.74, 6) is -0.0137. The monoisotopic (exact) mass is 359 g/mol. The van der Waals surface area contributed by atoms with Crippen LogP contribution in [0.5, 0.6) is 0 Å². The summed E-state index contributed by atoms with van der Waals surface area (Å²) in [6.45, 7) is 7.09. The quantitative estimate of drug-likeness (QED) is 0.833. The number of nitrogens with one attached hydrogen (secondary N) is 1. The number of aromatic nitrogens is 1. The summed E-state index contributed by atoms with van der Waals surface area (Å²) in [7, 11) is 2.07. The predicted octanol–water partition coefficient (Wildman–Crippen LogP) is 0.222. The molecule has 1 N–H and O–H groups in total. The first-order valence-corrected chi connectivity index (χ1v) is 9.54. The molecule has 7 heteroatoms. The average Bonchev–Trinajstić information content (AvgIpc) is 2.68. The Morgan fingerprint density at radius 1 is 1.23 bits per heavy atom. The number of carbonyl (C=O) groups excluding carboxylic acids is 2. The highest BCUT2D eigenvalue weighted by Gasteiger charge is 2.36. The summed E-state index contributed by atoms with van der Waals surface area (Å²) in [5.41, 5.74) is 1.55. The molecule has 1 aromatic rings. The second kappa shape index (κ2) is 8.60. The van der Waals surface area contributed by atoms with Crippen molar-refractivity contribution in [3.05, 3.63) is 29.6 Å². The molecule has 0 radical (unpaired) electrons. The van der Waals surface area contributed by atoms with E-state index in [0.29, 0.717) is 25.2 Å². The minimum absolute atomic E-state index is 0.0569. The average molecular weight is 359 g/mol. The maximum atomic E-state index is 13.1. The van der Waals surface area contributed by atoms with Gasteiger partial charge in [-0.25, -0.2) is 0 Å². The fraction of sp³-hybridized carbons (Fsp3) is 0.632. The third-order valence-corrected chi connectivity index (χ3v) is 5.17. The third-order valence-electron chi connectivity index (χ3n) is 5.17. The number of amides is 2. The lowest BCUT2D eigenvalue weighted by Crippen LogP contribution is -2.62. The second-order valence-electron chi connectivity index (χ2n) is 7.13. The van der Waals surface area contributed by atoms with Gasteiger partial charge < -0.3 is 20.0 Å². The maximum absolute atomic E-state index is 13.1. The zero-order chi connectivity index (χ0) is 18.5. The fourth-order valence-corrected chi connectivity index (χ4v) is 3.58. The smallest absolute Gasteiger partial charge is 0.254 e. The standard InChI is InChI=1S/C19H29N5O2/c1-3-4-16-13-15(5-6-21-16)18(25)24-8-7-20-14-17(24)19(26)23-11-9-22(2)10-12-23/h5-6,13,17,20H,3-4,7-12,14H2,1-2H3/t17-/m0/s1. The summed E-state index contributed by atoms with van der Waals surface area (Å²) < 4.78 is 0. The maximum Gasteiger partial charge on any atom is 0.254 e. The van der Waals surface area contributed by atoms with Crippen molar-refractivity contribution in [1.82, 2.24) is 25.0 Å². The van der Waals surface area contributed by atoms with Crippen molar-refractivity contribution in [2.24, 2.45) is 0 Å². The lowest BCUT2D eigenvalue weighted by Gasteiger charge is -2.40. The van der Waals surface area contributed by atoms with Gasteiger partial charge in [-0.1, -0.05) is 13.3 Å². The van der Waals surface area contributed by atoms with E-state index in [-0.39, 0.29) is 11.8 Å². The van der Waals surface area contributed by atoms with Crippen LogP contribution in [-0.4, -0.2) is 90.4 Å². The van der Waals surface area contributed by atoms with E-state index >= 15 is 0 Å². The van der Waals surface area contributed by atoms with E-state index in [9.17, 15) is 9.59 Å². The topological polar surface area (TPSA) is 68.8 Å².